The Morgan fingerprint density at radius 1 is 1.12 bits per heavy atom. The fraction of sp³-hybridized carbons (Fsp3) is 0.211. The van der Waals surface area contributed by atoms with Crippen LogP contribution in [-0.2, 0) is 4.79 Å². The molecule has 0 spiro atoms. The number of carbonyl (C=O) groups excluding carboxylic acids is 1. The molecule has 0 unspecified atom stereocenters. The molecule has 0 aliphatic rings. The molecule has 0 radical (unpaired) electrons. The van der Waals surface area contributed by atoms with Crippen LogP contribution < -0.4 is 19.7 Å². The molecule has 0 heterocycles. The number of methoxy groups -OCH3 is 2. The van der Waals surface area contributed by atoms with E-state index in [0.717, 1.165) is 11.3 Å². The molecule has 0 atom stereocenters. The molecule has 0 aliphatic heterocycles. The Hall–Kier alpha value is -2.66. The summed E-state index contributed by atoms with van der Waals surface area (Å²) in [4.78, 5) is 14.2. The number of hydrogen-bond acceptors (Lipinski definition) is 4. The van der Waals surface area contributed by atoms with Gasteiger partial charge < -0.3 is 19.7 Å². The van der Waals surface area contributed by atoms with Crippen LogP contribution in [0.25, 0.3) is 6.08 Å². The molecule has 1 amide bonds. The molecule has 6 heteroatoms. The van der Waals surface area contributed by atoms with Gasteiger partial charge >= 0.3 is 0 Å². The summed E-state index contributed by atoms with van der Waals surface area (Å²) >= 11 is 6.03. The minimum Gasteiger partial charge on any atom is -0.497 e. The molecule has 1 N–H and O–H groups in total. The van der Waals surface area contributed by atoms with E-state index in [1.165, 1.54) is 6.08 Å². The summed E-state index contributed by atoms with van der Waals surface area (Å²) in [6, 6.07) is 10.7. The lowest BCUT2D eigenvalue weighted by Crippen LogP contribution is -2.15. The average molecular weight is 361 g/mol. The van der Waals surface area contributed by atoms with Crippen molar-refractivity contribution in [3.8, 4) is 11.5 Å². The van der Waals surface area contributed by atoms with Crippen LogP contribution in [0.15, 0.2) is 42.5 Å². The number of hydrogen-bond donors (Lipinski definition) is 1. The number of anilines is 2. The summed E-state index contributed by atoms with van der Waals surface area (Å²) in [6.07, 6.45) is 3.12. The first kappa shape index (κ1) is 18.7. The standard InChI is InChI=1S/C19H21ClN2O3/c1-22(2)17-8-6-14(20)12-16(17)21-19(23)10-5-13-11-15(24-3)7-9-18(13)25-4/h5-12H,1-4H3,(H,21,23)/b10-5+. The number of benzene rings is 2. The van der Waals surface area contributed by atoms with E-state index < -0.39 is 0 Å². The van der Waals surface area contributed by atoms with Gasteiger partial charge in [0.15, 0.2) is 0 Å². The second kappa shape index (κ2) is 8.44. The maximum absolute atomic E-state index is 12.3. The maximum Gasteiger partial charge on any atom is 0.248 e. The maximum atomic E-state index is 12.3. The summed E-state index contributed by atoms with van der Waals surface area (Å²) in [5.41, 5.74) is 2.26. The van der Waals surface area contributed by atoms with Crippen LogP contribution in [0.2, 0.25) is 5.02 Å². The quantitative estimate of drug-likeness (QED) is 0.789. The molecule has 2 rings (SSSR count). The van der Waals surface area contributed by atoms with Gasteiger partial charge in [-0.3, -0.25) is 4.79 Å². The Morgan fingerprint density at radius 3 is 2.52 bits per heavy atom. The first-order valence-electron chi connectivity index (χ1n) is 7.62. The molecule has 0 fully saturated rings. The molecule has 2 aromatic carbocycles. The van der Waals surface area contributed by atoms with E-state index in [1.807, 2.05) is 25.1 Å². The van der Waals surface area contributed by atoms with E-state index >= 15 is 0 Å². The highest BCUT2D eigenvalue weighted by atomic mass is 35.5. The van der Waals surface area contributed by atoms with Crippen molar-refractivity contribution >= 4 is 35.0 Å². The van der Waals surface area contributed by atoms with Crippen molar-refractivity contribution in [2.45, 2.75) is 0 Å². The van der Waals surface area contributed by atoms with E-state index in [4.69, 9.17) is 21.1 Å². The lowest BCUT2D eigenvalue weighted by Gasteiger charge is -2.17. The highest BCUT2D eigenvalue weighted by Gasteiger charge is 2.08. The van der Waals surface area contributed by atoms with Crippen molar-refractivity contribution < 1.29 is 14.3 Å². The number of halogens is 1. The molecular formula is C19H21ClN2O3. The van der Waals surface area contributed by atoms with Crippen molar-refractivity contribution in [2.24, 2.45) is 0 Å². The van der Waals surface area contributed by atoms with Gasteiger partial charge in [-0.25, -0.2) is 0 Å². The minimum absolute atomic E-state index is 0.268. The van der Waals surface area contributed by atoms with E-state index in [0.29, 0.717) is 22.2 Å². The Kier molecular flexibility index (Phi) is 6.31. The van der Waals surface area contributed by atoms with E-state index in [-0.39, 0.29) is 5.91 Å². The monoisotopic (exact) mass is 360 g/mol. The summed E-state index contributed by atoms with van der Waals surface area (Å²) in [7, 11) is 6.96. The van der Waals surface area contributed by atoms with Gasteiger partial charge in [-0.1, -0.05) is 11.6 Å². The first-order chi connectivity index (χ1) is 11.9. The van der Waals surface area contributed by atoms with E-state index in [2.05, 4.69) is 5.32 Å². The van der Waals surface area contributed by atoms with Gasteiger partial charge in [-0.05, 0) is 42.5 Å². The third kappa shape index (κ3) is 4.90. The second-order valence-corrected chi connectivity index (χ2v) is 5.92. The lowest BCUT2D eigenvalue weighted by atomic mass is 10.1. The van der Waals surface area contributed by atoms with Gasteiger partial charge in [0, 0.05) is 30.8 Å². The van der Waals surface area contributed by atoms with Crippen molar-refractivity contribution in [3.63, 3.8) is 0 Å². The molecular weight excluding hydrogens is 340 g/mol. The zero-order valence-electron chi connectivity index (χ0n) is 14.7. The first-order valence-corrected chi connectivity index (χ1v) is 8.00. The van der Waals surface area contributed by atoms with Crippen LogP contribution in [-0.4, -0.2) is 34.2 Å². The van der Waals surface area contributed by atoms with Gasteiger partial charge in [-0.2, -0.15) is 0 Å². The lowest BCUT2D eigenvalue weighted by molar-refractivity contribution is -0.111. The molecule has 0 bridgehead atoms. The smallest absolute Gasteiger partial charge is 0.248 e. The van der Waals surface area contributed by atoms with Crippen LogP contribution in [0.1, 0.15) is 5.56 Å². The number of ether oxygens (including phenoxy) is 2. The van der Waals surface area contributed by atoms with Gasteiger partial charge in [0.1, 0.15) is 11.5 Å². The molecule has 0 saturated carbocycles. The topological polar surface area (TPSA) is 50.8 Å². The predicted octanol–water partition coefficient (Wildman–Crippen LogP) is 4.08. The van der Waals surface area contributed by atoms with E-state index in [1.54, 1.807) is 50.6 Å². The Bertz CT molecular complexity index is 788. The second-order valence-electron chi connectivity index (χ2n) is 5.49. The number of carbonyl (C=O) groups is 1. The number of nitrogens with one attached hydrogen (secondary N) is 1. The number of nitrogens with zero attached hydrogens (tertiary/aromatic N) is 1. The summed E-state index contributed by atoms with van der Waals surface area (Å²) in [5.74, 6) is 1.07. The van der Waals surface area contributed by atoms with E-state index in [9.17, 15) is 4.79 Å². The molecule has 0 aromatic heterocycles. The van der Waals surface area contributed by atoms with Crippen molar-refractivity contribution in [3.05, 3.63) is 53.1 Å². The molecule has 0 aliphatic carbocycles. The minimum atomic E-state index is -0.268. The van der Waals surface area contributed by atoms with Crippen LogP contribution in [0.4, 0.5) is 11.4 Å². The van der Waals surface area contributed by atoms with Crippen LogP contribution in [0, 0.1) is 0 Å². The van der Waals surface area contributed by atoms with Crippen LogP contribution in [0.3, 0.4) is 0 Å². The normalized spacial score (nSPS) is 10.6. The largest absolute Gasteiger partial charge is 0.497 e. The average Bonchev–Trinajstić information content (AvgIpc) is 2.59. The van der Waals surface area contributed by atoms with Gasteiger partial charge in [0.25, 0.3) is 0 Å². The fourth-order valence-electron chi connectivity index (χ4n) is 2.31. The molecule has 132 valence electrons. The van der Waals surface area contributed by atoms with Gasteiger partial charge in [0.05, 0.1) is 25.6 Å². The highest BCUT2D eigenvalue weighted by Crippen LogP contribution is 2.28. The molecule has 25 heavy (non-hydrogen) atoms. The van der Waals surface area contributed by atoms with Crippen LogP contribution in [0.5, 0.6) is 11.5 Å². The third-order valence-electron chi connectivity index (χ3n) is 3.55. The zero-order valence-corrected chi connectivity index (χ0v) is 15.4. The Balaban J connectivity index is 2.21. The summed E-state index contributed by atoms with van der Waals surface area (Å²) < 4.78 is 10.5. The Labute approximate surface area is 152 Å². The molecule has 2 aromatic rings. The summed E-state index contributed by atoms with van der Waals surface area (Å²) in [5, 5.41) is 3.40. The SMILES string of the molecule is COc1ccc(OC)c(/C=C/C(=O)Nc2cc(Cl)ccc2N(C)C)c1. The van der Waals surface area contributed by atoms with Crippen molar-refractivity contribution in [1.82, 2.24) is 0 Å². The molecule has 5 nitrogen and oxygen atoms in total. The third-order valence-corrected chi connectivity index (χ3v) is 3.78. The zero-order chi connectivity index (χ0) is 18.4. The highest BCUT2D eigenvalue weighted by molar-refractivity contribution is 6.31. The molecule has 0 saturated heterocycles. The summed E-state index contributed by atoms with van der Waals surface area (Å²) in [6.45, 7) is 0. The predicted molar refractivity (Wildman–Crippen MR) is 103 cm³/mol. The van der Waals surface area contributed by atoms with Gasteiger partial charge in [-0.15, -0.1) is 0 Å². The number of rotatable bonds is 6. The number of amides is 1. The fourth-order valence-corrected chi connectivity index (χ4v) is 2.48. The van der Waals surface area contributed by atoms with Crippen molar-refractivity contribution in [1.29, 1.82) is 0 Å². The van der Waals surface area contributed by atoms with Crippen molar-refractivity contribution in [2.75, 3.05) is 38.5 Å². The Morgan fingerprint density at radius 2 is 1.88 bits per heavy atom. The van der Waals surface area contributed by atoms with Crippen LogP contribution >= 0.6 is 11.6 Å². The van der Waals surface area contributed by atoms with Gasteiger partial charge in [0.2, 0.25) is 5.91 Å².